The Morgan fingerprint density at radius 2 is 1.83 bits per heavy atom. The van der Waals surface area contributed by atoms with Crippen LogP contribution in [0.1, 0.15) is 30.3 Å². The third kappa shape index (κ3) is 5.56. The lowest BCUT2D eigenvalue weighted by molar-refractivity contribution is -0.134. The molecule has 9 nitrogen and oxygen atoms in total. The molecule has 0 radical (unpaired) electrons. The zero-order chi connectivity index (χ0) is 20.6. The number of carbonyl (C=O) groups is 2. The fourth-order valence-electron chi connectivity index (χ4n) is 3.08. The second-order valence-corrected chi connectivity index (χ2v) is 6.60. The number of hydrogen-bond donors (Lipinski definition) is 2. The van der Waals surface area contributed by atoms with Crippen LogP contribution in [0.2, 0.25) is 0 Å². The lowest BCUT2D eigenvalue weighted by Gasteiger charge is -2.32. The highest BCUT2D eigenvalue weighted by molar-refractivity contribution is 5.92. The maximum Gasteiger partial charge on any atom is 0.271 e. The van der Waals surface area contributed by atoms with E-state index in [2.05, 4.69) is 15.5 Å². The Kier molecular flexibility index (Phi) is 6.83. The van der Waals surface area contributed by atoms with Gasteiger partial charge in [0.15, 0.2) is 18.1 Å². The van der Waals surface area contributed by atoms with Gasteiger partial charge in [0.2, 0.25) is 0 Å². The number of likely N-dealkylation sites (tertiary alicyclic amines) is 1. The van der Waals surface area contributed by atoms with Crippen LogP contribution in [0.4, 0.5) is 0 Å². The standard InChI is InChI=1S/C20H24N4O5/c1-2-28-16-5-3-4-6-17(16)29-13-19(26)24-11-9-14(10-12-24)21-20(27)15-7-8-18(25)23-22-15/h3-8,14H,2,9-13H2,1H3,(H,21,27)(H,23,25). The van der Waals surface area contributed by atoms with Crippen molar-refractivity contribution in [1.29, 1.82) is 0 Å². The van der Waals surface area contributed by atoms with Gasteiger partial charge in [-0.25, -0.2) is 5.10 Å². The second kappa shape index (κ2) is 9.72. The largest absolute Gasteiger partial charge is 0.490 e. The van der Waals surface area contributed by atoms with Crippen molar-refractivity contribution in [2.75, 3.05) is 26.3 Å². The summed E-state index contributed by atoms with van der Waals surface area (Å²) in [6, 6.07) is 9.83. The number of hydrogen-bond acceptors (Lipinski definition) is 6. The summed E-state index contributed by atoms with van der Waals surface area (Å²) in [5, 5.41) is 8.84. The van der Waals surface area contributed by atoms with Gasteiger partial charge in [0.05, 0.1) is 6.61 Å². The smallest absolute Gasteiger partial charge is 0.271 e. The zero-order valence-corrected chi connectivity index (χ0v) is 16.2. The van der Waals surface area contributed by atoms with Gasteiger partial charge in [-0.15, -0.1) is 0 Å². The molecule has 1 saturated heterocycles. The SMILES string of the molecule is CCOc1ccccc1OCC(=O)N1CCC(NC(=O)c2ccc(=O)[nH]n2)CC1. The predicted octanol–water partition coefficient (Wildman–Crippen LogP) is 0.968. The summed E-state index contributed by atoms with van der Waals surface area (Å²) < 4.78 is 11.1. The van der Waals surface area contributed by atoms with E-state index >= 15 is 0 Å². The molecule has 0 unspecified atom stereocenters. The first-order valence-corrected chi connectivity index (χ1v) is 9.56. The molecule has 29 heavy (non-hydrogen) atoms. The van der Waals surface area contributed by atoms with Gasteiger partial charge < -0.3 is 19.7 Å². The van der Waals surface area contributed by atoms with Crippen molar-refractivity contribution >= 4 is 11.8 Å². The molecule has 1 aliphatic rings. The predicted molar refractivity (Wildman–Crippen MR) is 105 cm³/mol. The number of para-hydroxylation sites is 2. The number of rotatable bonds is 7. The molecule has 1 aliphatic heterocycles. The molecule has 154 valence electrons. The lowest BCUT2D eigenvalue weighted by atomic mass is 10.0. The van der Waals surface area contributed by atoms with E-state index in [9.17, 15) is 14.4 Å². The molecule has 1 aromatic heterocycles. The van der Waals surface area contributed by atoms with Crippen molar-refractivity contribution in [2.45, 2.75) is 25.8 Å². The number of nitrogens with zero attached hydrogens (tertiary/aromatic N) is 2. The summed E-state index contributed by atoms with van der Waals surface area (Å²) in [5.74, 6) is 0.698. The van der Waals surface area contributed by atoms with E-state index in [1.165, 1.54) is 12.1 Å². The summed E-state index contributed by atoms with van der Waals surface area (Å²) in [6.07, 6.45) is 1.27. The first-order chi connectivity index (χ1) is 14.1. The maximum absolute atomic E-state index is 12.5. The molecule has 3 rings (SSSR count). The fourth-order valence-corrected chi connectivity index (χ4v) is 3.08. The van der Waals surface area contributed by atoms with E-state index < -0.39 is 0 Å². The zero-order valence-electron chi connectivity index (χ0n) is 16.2. The summed E-state index contributed by atoms with van der Waals surface area (Å²) in [6.45, 7) is 3.39. The molecule has 2 N–H and O–H groups in total. The molecular formula is C20H24N4O5. The number of nitrogens with one attached hydrogen (secondary N) is 2. The van der Waals surface area contributed by atoms with E-state index in [1.54, 1.807) is 17.0 Å². The molecule has 0 bridgehead atoms. The van der Waals surface area contributed by atoms with Crippen molar-refractivity contribution in [2.24, 2.45) is 0 Å². The lowest BCUT2D eigenvalue weighted by Crippen LogP contribution is -2.47. The van der Waals surface area contributed by atoms with Crippen LogP contribution < -0.4 is 20.3 Å². The molecule has 2 aromatic rings. The number of ether oxygens (including phenoxy) is 2. The number of H-pyrrole nitrogens is 1. The van der Waals surface area contributed by atoms with Crippen LogP contribution in [0.15, 0.2) is 41.2 Å². The van der Waals surface area contributed by atoms with Crippen LogP contribution in [0.25, 0.3) is 0 Å². The molecule has 0 atom stereocenters. The van der Waals surface area contributed by atoms with E-state index in [0.717, 1.165) is 0 Å². The molecule has 0 saturated carbocycles. The highest BCUT2D eigenvalue weighted by Gasteiger charge is 2.25. The molecule has 2 amide bonds. The molecule has 1 aromatic carbocycles. The van der Waals surface area contributed by atoms with Gasteiger partial charge in [-0.3, -0.25) is 14.4 Å². The quantitative estimate of drug-likeness (QED) is 0.716. The first kappa shape index (κ1) is 20.4. The Morgan fingerprint density at radius 3 is 2.45 bits per heavy atom. The van der Waals surface area contributed by atoms with Gasteiger partial charge >= 0.3 is 0 Å². The van der Waals surface area contributed by atoms with Gasteiger partial charge in [0, 0.05) is 25.2 Å². The number of piperidine rings is 1. The third-order valence-electron chi connectivity index (χ3n) is 4.59. The Balaban J connectivity index is 1.45. The van der Waals surface area contributed by atoms with Crippen molar-refractivity contribution in [3.63, 3.8) is 0 Å². The number of aromatic nitrogens is 2. The summed E-state index contributed by atoms with van der Waals surface area (Å²) >= 11 is 0. The maximum atomic E-state index is 12.5. The third-order valence-corrected chi connectivity index (χ3v) is 4.59. The Morgan fingerprint density at radius 1 is 1.14 bits per heavy atom. The minimum absolute atomic E-state index is 0.0557. The highest BCUT2D eigenvalue weighted by atomic mass is 16.5. The number of aromatic amines is 1. The van der Waals surface area contributed by atoms with Crippen molar-refractivity contribution in [3.8, 4) is 11.5 Å². The number of carbonyl (C=O) groups excluding carboxylic acids is 2. The Bertz CT molecular complexity index is 885. The van der Waals surface area contributed by atoms with Gasteiger partial charge in [0.1, 0.15) is 5.69 Å². The van der Waals surface area contributed by atoms with Crippen LogP contribution in [-0.4, -0.2) is 59.3 Å². The van der Waals surface area contributed by atoms with Crippen molar-refractivity contribution < 1.29 is 19.1 Å². The molecule has 2 heterocycles. The Hall–Kier alpha value is -3.36. The van der Waals surface area contributed by atoms with Gasteiger partial charge in [-0.1, -0.05) is 12.1 Å². The topological polar surface area (TPSA) is 114 Å². The van der Waals surface area contributed by atoms with Crippen LogP contribution in [0.5, 0.6) is 11.5 Å². The average molecular weight is 400 g/mol. The van der Waals surface area contributed by atoms with E-state index in [0.29, 0.717) is 44.0 Å². The van der Waals surface area contributed by atoms with E-state index in [1.807, 2.05) is 19.1 Å². The normalized spacial score (nSPS) is 14.3. The monoisotopic (exact) mass is 400 g/mol. The minimum Gasteiger partial charge on any atom is -0.490 e. The van der Waals surface area contributed by atoms with Crippen LogP contribution in [-0.2, 0) is 4.79 Å². The second-order valence-electron chi connectivity index (χ2n) is 6.60. The molecule has 0 aliphatic carbocycles. The fraction of sp³-hybridized carbons (Fsp3) is 0.400. The summed E-state index contributed by atoms with van der Waals surface area (Å²) in [7, 11) is 0. The van der Waals surface area contributed by atoms with Gasteiger partial charge in [0.25, 0.3) is 17.4 Å². The van der Waals surface area contributed by atoms with Crippen molar-refractivity contribution in [1.82, 2.24) is 20.4 Å². The van der Waals surface area contributed by atoms with Gasteiger partial charge in [-0.05, 0) is 38.0 Å². The Labute approximate surface area is 168 Å². The molecule has 9 heteroatoms. The van der Waals surface area contributed by atoms with Crippen LogP contribution in [0.3, 0.4) is 0 Å². The minimum atomic E-state index is -0.362. The van der Waals surface area contributed by atoms with Crippen molar-refractivity contribution in [3.05, 3.63) is 52.4 Å². The molecular weight excluding hydrogens is 376 g/mol. The molecule has 1 fully saturated rings. The number of benzene rings is 1. The molecule has 0 spiro atoms. The van der Waals surface area contributed by atoms with E-state index in [-0.39, 0.29) is 35.7 Å². The average Bonchev–Trinajstić information content (AvgIpc) is 2.74. The van der Waals surface area contributed by atoms with Gasteiger partial charge in [-0.2, -0.15) is 5.10 Å². The number of amides is 2. The first-order valence-electron chi connectivity index (χ1n) is 9.56. The van der Waals surface area contributed by atoms with Crippen LogP contribution >= 0.6 is 0 Å². The highest BCUT2D eigenvalue weighted by Crippen LogP contribution is 2.26. The summed E-state index contributed by atoms with van der Waals surface area (Å²) in [4.78, 5) is 37.4. The van der Waals surface area contributed by atoms with Crippen LogP contribution in [0, 0.1) is 0 Å². The summed E-state index contributed by atoms with van der Waals surface area (Å²) in [5.41, 5.74) is -0.205. The van der Waals surface area contributed by atoms with E-state index in [4.69, 9.17) is 9.47 Å².